The van der Waals surface area contributed by atoms with Crippen molar-refractivity contribution in [1.29, 1.82) is 0 Å². The third-order valence-corrected chi connectivity index (χ3v) is 3.93. The van der Waals surface area contributed by atoms with E-state index >= 15 is 0 Å². The van der Waals surface area contributed by atoms with Gasteiger partial charge in [-0.3, -0.25) is 0 Å². The molecule has 1 N–H and O–H groups in total. The van der Waals surface area contributed by atoms with Crippen LogP contribution in [0.4, 0.5) is 5.69 Å². The molecule has 0 bridgehead atoms. The van der Waals surface area contributed by atoms with E-state index in [0.717, 1.165) is 24.7 Å². The Morgan fingerprint density at radius 2 is 2.06 bits per heavy atom. The first-order valence-corrected chi connectivity index (χ1v) is 7.21. The Kier molecular flexibility index (Phi) is 4.52. The Morgan fingerprint density at radius 3 is 2.78 bits per heavy atom. The minimum absolute atomic E-state index is 0.595. The van der Waals surface area contributed by atoms with Crippen LogP contribution in [-0.4, -0.2) is 25.7 Å². The van der Waals surface area contributed by atoms with Crippen molar-refractivity contribution < 1.29 is 0 Å². The molecule has 1 aliphatic heterocycles. The highest BCUT2D eigenvalue weighted by molar-refractivity contribution is 6.33. The lowest BCUT2D eigenvalue weighted by Gasteiger charge is -2.31. The van der Waals surface area contributed by atoms with E-state index in [9.17, 15) is 0 Å². The maximum atomic E-state index is 6.44. The first kappa shape index (κ1) is 13.7. The third kappa shape index (κ3) is 3.18. The molecule has 0 aliphatic carbocycles. The minimum atomic E-state index is 0.595. The van der Waals surface area contributed by atoms with Gasteiger partial charge in [0.15, 0.2) is 0 Å². The molecule has 1 unspecified atom stereocenters. The van der Waals surface area contributed by atoms with Crippen molar-refractivity contribution in [3.05, 3.63) is 28.3 Å². The molecular weight excluding hydrogens is 244 g/mol. The van der Waals surface area contributed by atoms with Crippen LogP contribution >= 0.6 is 11.6 Å². The van der Waals surface area contributed by atoms with E-state index in [1.54, 1.807) is 0 Å². The first-order chi connectivity index (χ1) is 8.58. The largest absolute Gasteiger partial charge is 0.370 e. The van der Waals surface area contributed by atoms with Crippen LogP contribution in [0.2, 0.25) is 5.02 Å². The molecule has 0 aromatic heterocycles. The Bertz CT molecular complexity index is 394. The quantitative estimate of drug-likeness (QED) is 0.837. The second kappa shape index (κ2) is 5.94. The van der Waals surface area contributed by atoms with Crippen LogP contribution in [0.5, 0.6) is 0 Å². The van der Waals surface area contributed by atoms with E-state index in [1.165, 1.54) is 29.7 Å². The van der Waals surface area contributed by atoms with Gasteiger partial charge < -0.3 is 10.2 Å². The summed E-state index contributed by atoms with van der Waals surface area (Å²) in [5.41, 5.74) is 3.76. The molecule has 3 heteroatoms. The second-order valence-electron chi connectivity index (χ2n) is 5.40. The first-order valence-electron chi connectivity index (χ1n) is 6.83. The van der Waals surface area contributed by atoms with Crippen LogP contribution in [0.15, 0.2) is 12.1 Å². The Morgan fingerprint density at radius 1 is 1.28 bits per heavy atom. The number of nitrogens with zero attached hydrogens (tertiary/aromatic N) is 1. The van der Waals surface area contributed by atoms with E-state index in [-0.39, 0.29) is 0 Å². The molecule has 100 valence electrons. The standard InChI is InChI=1S/C15H23ClN2/c1-11-9-12(2)15(14(16)10-11)18-7-4-6-17-13(3)5-8-18/h9-10,13,17H,4-8H2,1-3H3. The van der Waals surface area contributed by atoms with Crippen molar-refractivity contribution in [2.45, 2.75) is 39.7 Å². The zero-order chi connectivity index (χ0) is 13.1. The Hall–Kier alpha value is -0.730. The van der Waals surface area contributed by atoms with Gasteiger partial charge in [-0.25, -0.2) is 0 Å². The molecule has 0 amide bonds. The lowest BCUT2D eigenvalue weighted by Crippen LogP contribution is -2.38. The Balaban J connectivity index is 2.23. The van der Waals surface area contributed by atoms with Gasteiger partial charge in [0.25, 0.3) is 0 Å². The molecular formula is C15H23ClN2. The van der Waals surface area contributed by atoms with Gasteiger partial charge in [-0.05, 0) is 57.4 Å². The maximum absolute atomic E-state index is 6.44. The maximum Gasteiger partial charge on any atom is 0.0644 e. The fourth-order valence-corrected chi connectivity index (χ4v) is 3.15. The highest BCUT2D eigenvalue weighted by atomic mass is 35.5. The molecule has 1 saturated heterocycles. The zero-order valence-corrected chi connectivity index (χ0v) is 12.3. The van der Waals surface area contributed by atoms with Crippen LogP contribution < -0.4 is 10.2 Å². The van der Waals surface area contributed by atoms with Gasteiger partial charge in [0.05, 0.1) is 10.7 Å². The number of aryl methyl sites for hydroxylation is 2. The van der Waals surface area contributed by atoms with E-state index in [2.05, 4.69) is 43.1 Å². The Labute approximate surface area is 115 Å². The number of halogens is 1. The number of hydrogen-bond acceptors (Lipinski definition) is 2. The molecule has 1 atom stereocenters. The number of rotatable bonds is 1. The number of hydrogen-bond donors (Lipinski definition) is 1. The topological polar surface area (TPSA) is 15.3 Å². The van der Waals surface area contributed by atoms with Crippen molar-refractivity contribution in [2.24, 2.45) is 0 Å². The summed E-state index contributed by atoms with van der Waals surface area (Å²) in [6.45, 7) is 9.78. The lowest BCUT2D eigenvalue weighted by atomic mass is 10.1. The predicted molar refractivity (Wildman–Crippen MR) is 79.8 cm³/mol. The van der Waals surface area contributed by atoms with Gasteiger partial charge in [-0.2, -0.15) is 0 Å². The van der Waals surface area contributed by atoms with Gasteiger partial charge in [-0.15, -0.1) is 0 Å². The third-order valence-electron chi connectivity index (χ3n) is 3.64. The molecule has 1 aromatic rings. The van der Waals surface area contributed by atoms with Gasteiger partial charge in [-0.1, -0.05) is 17.7 Å². The average molecular weight is 267 g/mol. The van der Waals surface area contributed by atoms with Crippen LogP contribution in [0.1, 0.15) is 30.9 Å². The monoisotopic (exact) mass is 266 g/mol. The fraction of sp³-hybridized carbons (Fsp3) is 0.600. The van der Waals surface area contributed by atoms with Crippen LogP contribution in [-0.2, 0) is 0 Å². The summed E-state index contributed by atoms with van der Waals surface area (Å²) >= 11 is 6.44. The summed E-state index contributed by atoms with van der Waals surface area (Å²) in [4.78, 5) is 2.45. The minimum Gasteiger partial charge on any atom is -0.370 e. The fourth-order valence-electron chi connectivity index (χ4n) is 2.71. The van der Waals surface area contributed by atoms with Crippen LogP contribution in [0.3, 0.4) is 0 Å². The van der Waals surface area contributed by atoms with E-state index in [1.807, 2.05) is 0 Å². The molecule has 1 aliphatic rings. The molecule has 0 saturated carbocycles. The highest BCUT2D eigenvalue weighted by Crippen LogP contribution is 2.31. The number of anilines is 1. The van der Waals surface area contributed by atoms with Crippen molar-refractivity contribution >= 4 is 17.3 Å². The lowest BCUT2D eigenvalue weighted by molar-refractivity contribution is 0.475. The predicted octanol–water partition coefficient (Wildman–Crippen LogP) is 3.54. The summed E-state index contributed by atoms with van der Waals surface area (Å²) in [6.07, 6.45) is 2.34. The molecule has 2 nitrogen and oxygen atoms in total. The summed E-state index contributed by atoms with van der Waals surface area (Å²) in [7, 11) is 0. The average Bonchev–Trinajstić information content (AvgIpc) is 2.26. The van der Waals surface area contributed by atoms with E-state index in [0.29, 0.717) is 6.04 Å². The van der Waals surface area contributed by atoms with Gasteiger partial charge in [0.2, 0.25) is 0 Å². The van der Waals surface area contributed by atoms with E-state index < -0.39 is 0 Å². The van der Waals surface area contributed by atoms with E-state index in [4.69, 9.17) is 11.6 Å². The van der Waals surface area contributed by atoms with Crippen molar-refractivity contribution in [1.82, 2.24) is 5.32 Å². The summed E-state index contributed by atoms with van der Waals surface area (Å²) < 4.78 is 0. The normalized spacial score (nSPS) is 21.6. The highest BCUT2D eigenvalue weighted by Gasteiger charge is 2.16. The van der Waals surface area contributed by atoms with Gasteiger partial charge in [0, 0.05) is 19.1 Å². The molecule has 1 heterocycles. The SMILES string of the molecule is Cc1cc(C)c(N2CCCNC(C)CC2)c(Cl)c1. The van der Waals surface area contributed by atoms with Gasteiger partial charge in [0.1, 0.15) is 0 Å². The zero-order valence-electron chi connectivity index (χ0n) is 11.6. The molecule has 1 aromatic carbocycles. The number of nitrogens with one attached hydrogen (secondary N) is 1. The number of benzene rings is 1. The van der Waals surface area contributed by atoms with Crippen molar-refractivity contribution in [3.8, 4) is 0 Å². The van der Waals surface area contributed by atoms with Crippen molar-refractivity contribution in [3.63, 3.8) is 0 Å². The summed E-state index contributed by atoms with van der Waals surface area (Å²) in [6, 6.07) is 4.89. The molecule has 0 radical (unpaired) electrons. The van der Waals surface area contributed by atoms with Crippen LogP contribution in [0, 0.1) is 13.8 Å². The summed E-state index contributed by atoms with van der Waals surface area (Å²) in [5, 5.41) is 4.43. The summed E-state index contributed by atoms with van der Waals surface area (Å²) in [5.74, 6) is 0. The smallest absolute Gasteiger partial charge is 0.0644 e. The molecule has 18 heavy (non-hydrogen) atoms. The molecule has 0 spiro atoms. The second-order valence-corrected chi connectivity index (χ2v) is 5.80. The van der Waals surface area contributed by atoms with Crippen molar-refractivity contribution in [2.75, 3.05) is 24.5 Å². The molecule has 2 rings (SSSR count). The molecule has 1 fully saturated rings. The van der Waals surface area contributed by atoms with Gasteiger partial charge >= 0.3 is 0 Å². The van der Waals surface area contributed by atoms with Crippen LogP contribution in [0.25, 0.3) is 0 Å².